The van der Waals surface area contributed by atoms with Crippen molar-refractivity contribution in [3.63, 3.8) is 0 Å². The fourth-order valence-electron chi connectivity index (χ4n) is 3.63. The minimum Gasteiger partial charge on any atom is -0.481 e. The van der Waals surface area contributed by atoms with Crippen LogP contribution in [0.5, 0.6) is 0 Å². The van der Waals surface area contributed by atoms with Crippen LogP contribution in [0.15, 0.2) is 0 Å². The van der Waals surface area contributed by atoms with E-state index in [1.807, 2.05) is 0 Å². The Hall–Kier alpha value is -0.610. The van der Waals surface area contributed by atoms with Crippen molar-refractivity contribution in [1.82, 2.24) is 4.90 Å². The van der Waals surface area contributed by atoms with Gasteiger partial charge in [-0.15, -0.1) is 0 Å². The molecule has 1 spiro atoms. The van der Waals surface area contributed by atoms with E-state index in [1.54, 1.807) is 0 Å². The molecule has 1 aliphatic carbocycles. The maximum Gasteiger partial charge on any atom is 0.310 e. The molecule has 0 bridgehead atoms. The van der Waals surface area contributed by atoms with Gasteiger partial charge in [0.1, 0.15) is 0 Å². The van der Waals surface area contributed by atoms with Crippen molar-refractivity contribution < 1.29 is 14.6 Å². The molecule has 3 aliphatic rings. The summed E-state index contributed by atoms with van der Waals surface area (Å²) in [6, 6.07) is 0.128. The first-order chi connectivity index (χ1) is 7.70. The Morgan fingerprint density at radius 3 is 2.56 bits per heavy atom. The molecule has 2 saturated heterocycles. The lowest BCUT2D eigenvalue weighted by atomic mass is 9.76. The van der Waals surface area contributed by atoms with Crippen molar-refractivity contribution in [2.45, 2.75) is 31.7 Å². The molecule has 0 aromatic rings. The number of rotatable bonds is 2. The highest BCUT2D eigenvalue weighted by Crippen LogP contribution is 2.47. The van der Waals surface area contributed by atoms with Gasteiger partial charge in [-0.25, -0.2) is 0 Å². The van der Waals surface area contributed by atoms with E-state index in [0.29, 0.717) is 18.6 Å². The van der Waals surface area contributed by atoms with E-state index in [2.05, 4.69) is 4.90 Å². The normalized spacial score (nSPS) is 37.8. The van der Waals surface area contributed by atoms with E-state index < -0.39 is 5.97 Å². The van der Waals surface area contributed by atoms with Gasteiger partial charge in [0.15, 0.2) is 0 Å². The highest BCUT2D eigenvalue weighted by Gasteiger charge is 2.50. The lowest BCUT2D eigenvalue weighted by molar-refractivity contribution is -0.145. The monoisotopic (exact) mass is 225 g/mol. The van der Waals surface area contributed by atoms with Crippen molar-refractivity contribution >= 4 is 5.97 Å². The molecule has 0 amide bonds. The smallest absolute Gasteiger partial charge is 0.310 e. The maximum atomic E-state index is 11.1. The van der Waals surface area contributed by atoms with Gasteiger partial charge in [0.25, 0.3) is 0 Å². The van der Waals surface area contributed by atoms with E-state index in [9.17, 15) is 4.79 Å². The molecule has 3 fully saturated rings. The van der Waals surface area contributed by atoms with Gasteiger partial charge in [0.2, 0.25) is 0 Å². The van der Waals surface area contributed by atoms with Crippen LogP contribution in [-0.4, -0.2) is 48.3 Å². The van der Waals surface area contributed by atoms with Crippen LogP contribution in [0.2, 0.25) is 0 Å². The Morgan fingerprint density at radius 2 is 1.94 bits per heavy atom. The third kappa shape index (κ3) is 1.55. The summed E-state index contributed by atoms with van der Waals surface area (Å²) >= 11 is 0. The summed E-state index contributed by atoms with van der Waals surface area (Å²) in [4.78, 5) is 13.4. The van der Waals surface area contributed by atoms with Gasteiger partial charge in [0.05, 0.1) is 19.1 Å². The molecule has 1 N–H and O–H groups in total. The SMILES string of the molecule is O=C(O)C1COCC1N1CC2(CCCC2)C1. The van der Waals surface area contributed by atoms with Crippen molar-refractivity contribution in [2.24, 2.45) is 11.3 Å². The van der Waals surface area contributed by atoms with Crippen molar-refractivity contribution in [1.29, 1.82) is 0 Å². The van der Waals surface area contributed by atoms with Crippen LogP contribution < -0.4 is 0 Å². The first-order valence-corrected chi connectivity index (χ1v) is 6.25. The van der Waals surface area contributed by atoms with Crippen LogP contribution >= 0.6 is 0 Å². The molecular formula is C12H19NO3. The van der Waals surface area contributed by atoms with Gasteiger partial charge >= 0.3 is 5.97 Å². The third-order valence-electron chi connectivity index (χ3n) is 4.58. The van der Waals surface area contributed by atoms with E-state index in [0.717, 1.165) is 13.1 Å². The van der Waals surface area contributed by atoms with Crippen LogP contribution in [0.1, 0.15) is 25.7 Å². The quantitative estimate of drug-likeness (QED) is 0.760. The highest BCUT2D eigenvalue weighted by atomic mass is 16.5. The molecule has 0 aromatic carbocycles. The number of ether oxygens (including phenoxy) is 1. The number of nitrogens with zero attached hydrogens (tertiary/aromatic N) is 1. The molecule has 0 radical (unpaired) electrons. The van der Waals surface area contributed by atoms with Crippen molar-refractivity contribution in [2.75, 3.05) is 26.3 Å². The van der Waals surface area contributed by atoms with Crippen LogP contribution in [-0.2, 0) is 9.53 Å². The summed E-state index contributed by atoms with van der Waals surface area (Å²) in [5.41, 5.74) is 0.547. The predicted molar refractivity (Wildman–Crippen MR) is 58.2 cm³/mol. The summed E-state index contributed by atoms with van der Waals surface area (Å²) in [6.45, 7) is 3.20. The molecule has 2 atom stereocenters. The molecule has 0 aromatic heterocycles. The topological polar surface area (TPSA) is 49.8 Å². The summed E-state index contributed by atoms with van der Waals surface area (Å²) in [5.74, 6) is -1.01. The lowest BCUT2D eigenvalue weighted by Gasteiger charge is -2.51. The van der Waals surface area contributed by atoms with E-state index in [1.165, 1.54) is 25.7 Å². The average molecular weight is 225 g/mol. The van der Waals surface area contributed by atoms with Gasteiger partial charge in [-0.05, 0) is 18.3 Å². The Bertz CT molecular complexity index is 291. The fraction of sp³-hybridized carbons (Fsp3) is 0.917. The number of aliphatic carboxylic acids is 1. The molecule has 3 rings (SSSR count). The maximum absolute atomic E-state index is 11.1. The van der Waals surface area contributed by atoms with E-state index in [-0.39, 0.29) is 12.0 Å². The minimum absolute atomic E-state index is 0.128. The minimum atomic E-state index is -0.699. The average Bonchev–Trinajstić information content (AvgIpc) is 2.83. The number of likely N-dealkylation sites (tertiary alicyclic amines) is 1. The van der Waals surface area contributed by atoms with E-state index in [4.69, 9.17) is 9.84 Å². The van der Waals surface area contributed by atoms with Gasteiger partial charge in [-0.1, -0.05) is 12.8 Å². The van der Waals surface area contributed by atoms with Crippen LogP contribution in [0.3, 0.4) is 0 Å². The third-order valence-corrected chi connectivity index (χ3v) is 4.58. The highest BCUT2D eigenvalue weighted by molar-refractivity contribution is 5.71. The number of hydrogen-bond donors (Lipinski definition) is 1. The summed E-state index contributed by atoms with van der Waals surface area (Å²) in [6.07, 6.45) is 5.40. The van der Waals surface area contributed by atoms with Gasteiger partial charge in [0, 0.05) is 19.1 Å². The van der Waals surface area contributed by atoms with Crippen molar-refractivity contribution in [3.05, 3.63) is 0 Å². The number of carbonyl (C=O) groups is 1. The van der Waals surface area contributed by atoms with Gasteiger partial charge in [-0.3, -0.25) is 9.69 Å². The zero-order valence-electron chi connectivity index (χ0n) is 9.52. The zero-order valence-corrected chi connectivity index (χ0v) is 9.52. The molecule has 2 aliphatic heterocycles. The van der Waals surface area contributed by atoms with E-state index >= 15 is 0 Å². The van der Waals surface area contributed by atoms with Crippen molar-refractivity contribution in [3.8, 4) is 0 Å². The Morgan fingerprint density at radius 1 is 1.25 bits per heavy atom. The number of carboxylic acids is 1. The Balaban J connectivity index is 1.61. The Kier molecular flexibility index (Phi) is 2.44. The van der Waals surface area contributed by atoms with Gasteiger partial charge < -0.3 is 9.84 Å². The summed E-state index contributed by atoms with van der Waals surface area (Å²) < 4.78 is 5.32. The summed E-state index contributed by atoms with van der Waals surface area (Å²) in [5, 5.41) is 9.10. The molecule has 16 heavy (non-hydrogen) atoms. The second-order valence-electron chi connectivity index (χ2n) is 5.66. The van der Waals surface area contributed by atoms with Crippen LogP contribution in [0, 0.1) is 11.3 Å². The molecule has 90 valence electrons. The number of hydrogen-bond acceptors (Lipinski definition) is 3. The summed E-state index contributed by atoms with van der Waals surface area (Å²) in [7, 11) is 0. The standard InChI is InChI=1S/C12H19NO3/c14-11(15)9-5-16-6-10(9)13-7-12(8-13)3-1-2-4-12/h9-10H,1-8H2,(H,14,15). The zero-order chi connectivity index (χ0) is 11.2. The van der Waals surface area contributed by atoms with Crippen LogP contribution in [0.4, 0.5) is 0 Å². The largest absolute Gasteiger partial charge is 0.481 e. The first kappa shape index (κ1) is 10.5. The molecule has 2 unspecified atom stereocenters. The molecule has 1 saturated carbocycles. The van der Waals surface area contributed by atoms with Gasteiger partial charge in [-0.2, -0.15) is 0 Å². The number of carboxylic acid groups (broad SMARTS) is 1. The lowest BCUT2D eigenvalue weighted by Crippen LogP contribution is -2.61. The molecular weight excluding hydrogens is 206 g/mol. The second kappa shape index (κ2) is 3.70. The van der Waals surface area contributed by atoms with Crippen LogP contribution in [0.25, 0.3) is 0 Å². The Labute approximate surface area is 95.6 Å². The second-order valence-corrected chi connectivity index (χ2v) is 5.66. The predicted octanol–water partition coefficient (Wildman–Crippen LogP) is 0.962. The molecule has 4 heteroatoms. The molecule has 2 heterocycles. The first-order valence-electron chi connectivity index (χ1n) is 6.25. The molecule has 4 nitrogen and oxygen atoms in total. The fourth-order valence-corrected chi connectivity index (χ4v) is 3.63.